The molecule has 0 saturated carbocycles. The normalized spacial score (nSPS) is 10.3. The lowest BCUT2D eigenvalue weighted by atomic mass is 10.2. The summed E-state index contributed by atoms with van der Waals surface area (Å²) in [7, 11) is 3.35. The summed E-state index contributed by atoms with van der Waals surface area (Å²) < 4.78 is 10.0. The second kappa shape index (κ2) is 7.20. The first kappa shape index (κ1) is 11.9. The van der Waals surface area contributed by atoms with Crippen molar-refractivity contribution in [3.8, 4) is 5.75 Å². The SMILES string of the molecule is COCCNCCc1cncc(OC)c1. The molecule has 0 radical (unpaired) electrons. The minimum atomic E-state index is 0.746. The van der Waals surface area contributed by atoms with Crippen molar-refractivity contribution in [3.63, 3.8) is 0 Å². The fourth-order valence-corrected chi connectivity index (χ4v) is 1.24. The highest BCUT2D eigenvalue weighted by molar-refractivity contribution is 5.23. The third-order valence-corrected chi connectivity index (χ3v) is 2.08. The number of aromatic nitrogens is 1. The summed E-state index contributed by atoms with van der Waals surface area (Å²) in [6, 6.07) is 2.00. The molecule has 15 heavy (non-hydrogen) atoms. The third kappa shape index (κ3) is 4.76. The van der Waals surface area contributed by atoms with E-state index in [2.05, 4.69) is 10.3 Å². The third-order valence-electron chi connectivity index (χ3n) is 2.08. The second-order valence-corrected chi connectivity index (χ2v) is 3.23. The van der Waals surface area contributed by atoms with Crippen LogP contribution >= 0.6 is 0 Å². The first-order valence-electron chi connectivity index (χ1n) is 5.04. The number of rotatable bonds is 7. The van der Waals surface area contributed by atoms with Crippen LogP contribution in [0.5, 0.6) is 5.75 Å². The van der Waals surface area contributed by atoms with Gasteiger partial charge in [-0.05, 0) is 24.6 Å². The van der Waals surface area contributed by atoms with Gasteiger partial charge in [0, 0.05) is 19.9 Å². The highest BCUT2D eigenvalue weighted by Gasteiger charge is 1.96. The maximum Gasteiger partial charge on any atom is 0.137 e. The lowest BCUT2D eigenvalue weighted by molar-refractivity contribution is 0.199. The molecule has 4 nitrogen and oxygen atoms in total. The Bertz CT molecular complexity index is 279. The van der Waals surface area contributed by atoms with Crippen LogP contribution in [0.3, 0.4) is 0 Å². The Hall–Kier alpha value is -1.13. The van der Waals surface area contributed by atoms with Crippen LogP contribution < -0.4 is 10.1 Å². The van der Waals surface area contributed by atoms with E-state index in [1.54, 1.807) is 20.4 Å². The monoisotopic (exact) mass is 210 g/mol. The molecule has 0 aromatic carbocycles. The van der Waals surface area contributed by atoms with E-state index in [1.807, 2.05) is 12.3 Å². The predicted molar refractivity (Wildman–Crippen MR) is 59.2 cm³/mol. The molecular weight excluding hydrogens is 192 g/mol. The number of hydrogen-bond acceptors (Lipinski definition) is 4. The van der Waals surface area contributed by atoms with E-state index in [9.17, 15) is 0 Å². The molecule has 84 valence electrons. The van der Waals surface area contributed by atoms with Gasteiger partial charge in [-0.2, -0.15) is 0 Å². The first-order valence-corrected chi connectivity index (χ1v) is 5.04. The first-order chi connectivity index (χ1) is 7.36. The van der Waals surface area contributed by atoms with Crippen LogP contribution in [-0.4, -0.2) is 38.9 Å². The fourth-order valence-electron chi connectivity index (χ4n) is 1.24. The molecule has 0 unspecified atom stereocenters. The Morgan fingerprint density at radius 2 is 2.13 bits per heavy atom. The largest absolute Gasteiger partial charge is 0.495 e. The van der Waals surface area contributed by atoms with E-state index < -0.39 is 0 Å². The van der Waals surface area contributed by atoms with Gasteiger partial charge in [0.1, 0.15) is 5.75 Å². The lowest BCUT2D eigenvalue weighted by Gasteiger charge is -2.05. The maximum absolute atomic E-state index is 5.10. The van der Waals surface area contributed by atoms with Gasteiger partial charge in [0.15, 0.2) is 0 Å². The topological polar surface area (TPSA) is 43.4 Å². The molecule has 1 heterocycles. The van der Waals surface area contributed by atoms with Crippen molar-refractivity contribution < 1.29 is 9.47 Å². The predicted octanol–water partition coefficient (Wildman–Crippen LogP) is 0.869. The quantitative estimate of drug-likeness (QED) is 0.678. The Labute approximate surface area is 90.6 Å². The molecule has 1 aromatic heterocycles. The zero-order valence-corrected chi connectivity index (χ0v) is 9.32. The highest BCUT2D eigenvalue weighted by atomic mass is 16.5. The van der Waals surface area contributed by atoms with Crippen LogP contribution in [0.2, 0.25) is 0 Å². The van der Waals surface area contributed by atoms with Crippen molar-refractivity contribution in [3.05, 3.63) is 24.0 Å². The Morgan fingerprint density at radius 1 is 1.27 bits per heavy atom. The molecule has 0 aliphatic heterocycles. The molecule has 1 N–H and O–H groups in total. The van der Waals surface area contributed by atoms with Gasteiger partial charge in [-0.15, -0.1) is 0 Å². The summed E-state index contributed by atoms with van der Waals surface area (Å²) in [4.78, 5) is 4.09. The molecule has 1 rings (SSSR count). The minimum Gasteiger partial charge on any atom is -0.495 e. The van der Waals surface area contributed by atoms with Gasteiger partial charge in [-0.1, -0.05) is 0 Å². The van der Waals surface area contributed by atoms with Crippen LogP contribution in [0.25, 0.3) is 0 Å². The van der Waals surface area contributed by atoms with Gasteiger partial charge in [0.25, 0.3) is 0 Å². The number of pyridine rings is 1. The highest BCUT2D eigenvalue weighted by Crippen LogP contribution is 2.09. The second-order valence-electron chi connectivity index (χ2n) is 3.23. The average molecular weight is 210 g/mol. The molecule has 0 fully saturated rings. The number of nitrogens with zero attached hydrogens (tertiary/aromatic N) is 1. The van der Waals surface area contributed by atoms with Gasteiger partial charge in [0.05, 0.1) is 19.9 Å². The van der Waals surface area contributed by atoms with Crippen molar-refractivity contribution in [2.24, 2.45) is 0 Å². The molecule has 0 aliphatic carbocycles. The van der Waals surface area contributed by atoms with Gasteiger partial charge in [0.2, 0.25) is 0 Å². The molecule has 0 spiro atoms. The Balaban J connectivity index is 2.24. The van der Waals surface area contributed by atoms with Crippen molar-refractivity contribution in [1.82, 2.24) is 10.3 Å². The van der Waals surface area contributed by atoms with E-state index in [-0.39, 0.29) is 0 Å². The lowest BCUT2D eigenvalue weighted by Crippen LogP contribution is -2.21. The van der Waals surface area contributed by atoms with E-state index in [0.29, 0.717) is 0 Å². The summed E-state index contributed by atoms with van der Waals surface area (Å²) in [6.07, 6.45) is 4.52. The molecule has 1 aromatic rings. The standard InChI is InChI=1S/C11H18N2O2/c1-14-6-5-12-4-3-10-7-11(15-2)9-13-8-10/h7-9,12H,3-6H2,1-2H3. The maximum atomic E-state index is 5.10. The average Bonchev–Trinajstić information content (AvgIpc) is 2.29. The van der Waals surface area contributed by atoms with Gasteiger partial charge >= 0.3 is 0 Å². The van der Waals surface area contributed by atoms with Gasteiger partial charge in [-0.3, -0.25) is 4.98 Å². The summed E-state index contributed by atoms with van der Waals surface area (Å²) >= 11 is 0. The smallest absolute Gasteiger partial charge is 0.137 e. The van der Waals surface area contributed by atoms with Crippen LogP contribution in [0.15, 0.2) is 18.5 Å². The van der Waals surface area contributed by atoms with Gasteiger partial charge in [-0.25, -0.2) is 0 Å². The van der Waals surface area contributed by atoms with Crippen molar-refractivity contribution in [2.45, 2.75) is 6.42 Å². The van der Waals surface area contributed by atoms with Crippen LogP contribution in [0, 0.1) is 0 Å². The number of hydrogen-bond donors (Lipinski definition) is 1. The number of nitrogens with one attached hydrogen (secondary N) is 1. The molecule has 4 heteroatoms. The zero-order valence-electron chi connectivity index (χ0n) is 9.32. The minimum absolute atomic E-state index is 0.746. The van der Waals surface area contributed by atoms with E-state index in [0.717, 1.165) is 31.9 Å². The zero-order chi connectivity index (χ0) is 10.9. The molecule has 0 saturated heterocycles. The summed E-state index contributed by atoms with van der Waals surface area (Å²) in [5, 5.41) is 3.28. The van der Waals surface area contributed by atoms with Gasteiger partial charge < -0.3 is 14.8 Å². The summed E-state index contributed by atoms with van der Waals surface area (Å²) in [5.41, 5.74) is 1.18. The van der Waals surface area contributed by atoms with Crippen LogP contribution in [0.1, 0.15) is 5.56 Å². The van der Waals surface area contributed by atoms with Crippen molar-refractivity contribution >= 4 is 0 Å². The van der Waals surface area contributed by atoms with Crippen LogP contribution in [0.4, 0.5) is 0 Å². The summed E-state index contributed by atoms with van der Waals surface area (Å²) in [6.45, 7) is 2.56. The summed E-state index contributed by atoms with van der Waals surface area (Å²) in [5.74, 6) is 0.810. The Morgan fingerprint density at radius 3 is 2.87 bits per heavy atom. The van der Waals surface area contributed by atoms with E-state index in [1.165, 1.54) is 5.56 Å². The van der Waals surface area contributed by atoms with E-state index in [4.69, 9.17) is 9.47 Å². The molecule has 0 amide bonds. The Kier molecular flexibility index (Phi) is 5.73. The fraction of sp³-hybridized carbons (Fsp3) is 0.545. The van der Waals surface area contributed by atoms with Crippen molar-refractivity contribution in [2.75, 3.05) is 33.9 Å². The molecular formula is C11H18N2O2. The number of ether oxygens (including phenoxy) is 2. The van der Waals surface area contributed by atoms with E-state index >= 15 is 0 Å². The van der Waals surface area contributed by atoms with Crippen LogP contribution in [-0.2, 0) is 11.2 Å². The van der Waals surface area contributed by atoms with Crippen molar-refractivity contribution in [1.29, 1.82) is 0 Å². The molecule has 0 bridgehead atoms. The molecule has 0 aliphatic rings. The number of methoxy groups -OCH3 is 2. The molecule has 0 atom stereocenters.